The largest absolute Gasteiger partial charge is 0.343 e. The average molecular weight is 355 g/mol. The van der Waals surface area contributed by atoms with E-state index in [1.807, 2.05) is 36.9 Å². The normalized spacial score (nSPS) is 17.2. The van der Waals surface area contributed by atoms with Crippen LogP contribution < -0.4 is 5.32 Å². The zero-order valence-corrected chi connectivity index (χ0v) is 15.3. The summed E-state index contributed by atoms with van der Waals surface area (Å²) in [5.41, 5.74) is 2.20. The molecule has 1 aliphatic rings. The number of likely N-dealkylation sites (tertiary alicyclic amines) is 1. The number of fused-ring (bicyclic) bond motifs is 1. The number of benzene rings is 1. The quantitative estimate of drug-likeness (QED) is 0.915. The number of carbonyl (C=O) groups is 2. The fourth-order valence-electron chi connectivity index (χ4n) is 3.40. The molecular weight excluding hydrogens is 330 g/mol. The number of nitrogens with one attached hydrogen (secondary N) is 1. The Bertz CT molecular complexity index is 790. The number of urea groups is 1. The lowest BCUT2D eigenvalue weighted by Gasteiger charge is -2.34. The number of hydrogen-bond acceptors (Lipinski definition) is 4. The van der Waals surface area contributed by atoms with Gasteiger partial charge in [0.2, 0.25) is 5.91 Å². The van der Waals surface area contributed by atoms with Crippen LogP contribution in [0.5, 0.6) is 0 Å². The van der Waals surface area contributed by atoms with Gasteiger partial charge in [0.15, 0.2) is 0 Å². The molecule has 0 saturated carbocycles. The van der Waals surface area contributed by atoms with Crippen LogP contribution in [0.2, 0.25) is 0 Å². The van der Waals surface area contributed by atoms with Gasteiger partial charge >= 0.3 is 6.03 Å². The zero-order valence-electron chi connectivity index (χ0n) is 15.3. The van der Waals surface area contributed by atoms with Gasteiger partial charge in [-0.1, -0.05) is 0 Å². The van der Waals surface area contributed by atoms with Crippen LogP contribution in [-0.4, -0.2) is 57.9 Å². The molecule has 138 valence electrons. The molecule has 1 aromatic carbocycles. The van der Waals surface area contributed by atoms with Crippen molar-refractivity contribution >= 4 is 28.7 Å². The van der Waals surface area contributed by atoms with E-state index in [0.29, 0.717) is 31.9 Å². The molecule has 1 aliphatic heterocycles. The Kier molecular flexibility index (Phi) is 5.65. The van der Waals surface area contributed by atoms with E-state index in [1.165, 1.54) is 0 Å². The first-order valence-electron chi connectivity index (χ1n) is 9.17. The first-order valence-corrected chi connectivity index (χ1v) is 9.17. The van der Waals surface area contributed by atoms with Crippen molar-refractivity contribution in [3.05, 3.63) is 30.6 Å². The Morgan fingerprint density at radius 3 is 2.65 bits per heavy atom. The molecule has 1 N–H and O–H groups in total. The van der Waals surface area contributed by atoms with Crippen LogP contribution >= 0.6 is 0 Å². The minimum atomic E-state index is -0.176. The lowest BCUT2D eigenvalue weighted by atomic mass is 9.96. The third kappa shape index (κ3) is 3.92. The summed E-state index contributed by atoms with van der Waals surface area (Å²) in [7, 11) is 0. The lowest BCUT2D eigenvalue weighted by Crippen LogP contribution is -2.47. The number of aromatic nitrogens is 2. The SMILES string of the molecule is CCN(CC)C(=O)[C@@H]1CCCN(C(=O)Nc2ccc3nccnc3c2)C1. The van der Waals surface area contributed by atoms with Crippen LogP contribution in [0.1, 0.15) is 26.7 Å². The predicted octanol–water partition coefficient (Wildman–Crippen LogP) is 2.74. The molecular formula is C19H25N5O2. The average Bonchev–Trinajstić information content (AvgIpc) is 2.69. The summed E-state index contributed by atoms with van der Waals surface area (Å²) in [5, 5.41) is 2.91. The van der Waals surface area contributed by atoms with Crippen molar-refractivity contribution in [1.29, 1.82) is 0 Å². The van der Waals surface area contributed by atoms with Crippen molar-refractivity contribution in [2.45, 2.75) is 26.7 Å². The van der Waals surface area contributed by atoms with Crippen LogP contribution in [0.25, 0.3) is 11.0 Å². The molecule has 26 heavy (non-hydrogen) atoms. The molecule has 7 heteroatoms. The topological polar surface area (TPSA) is 78.4 Å². The molecule has 2 aromatic rings. The highest BCUT2D eigenvalue weighted by atomic mass is 16.2. The Morgan fingerprint density at radius 1 is 1.19 bits per heavy atom. The summed E-state index contributed by atoms with van der Waals surface area (Å²) in [6, 6.07) is 5.28. The summed E-state index contributed by atoms with van der Waals surface area (Å²) in [6.07, 6.45) is 4.95. The molecule has 0 radical (unpaired) electrons. The number of hydrogen-bond donors (Lipinski definition) is 1. The molecule has 7 nitrogen and oxygen atoms in total. The van der Waals surface area contributed by atoms with E-state index in [1.54, 1.807) is 17.3 Å². The first-order chi connectivity index (χ1) is 12.6. The van der Waals surface area contributed by atoms with Crippen LogP contribution in [0.4, 0.5) is 10.5 Å². The van der Waals surface area contributed by atoms with E-state index in [-0.39, 0.29) is 17.9 Å². The van der Waals surface area contributed by atoms with Crippen LogP contribution in [0.15, 0.2) is 30.6 Å². The van der Waals surface area contributed by atoms with E-state index in [9.17, 15) is 9.59 Å². The number of anilines is 1. The Morgan fingerprint density at radius 2 is 1.92 bits per heavy atom. The van der Waals surface area contributed by atoms with Crippen LogP contribution in [0, 0.1) is 5.92 Å². The second kappa shape index (κ2) is 8.12. The molecule has 3 rings (SSSR count). The second-order valence-corrected chi connectivity index (χ2v) is 6.49. The predicted molar refractivity (Wildman–Crippen MR) is 101 cm³/mol. The molecule has 3 amide bonds. The van der Waals surface area contributed by atoms with Gasteiger partial charge in [0, 0.05) is 44.3 Å². The van der Waals surface area contributed by atoms with Gasteiger partial charge < -0.3 is 15.1 Å². The van der Waals surface area contributed by atoms with Gasteiger partial charge in [-0.2, -0.15) is 0 Å². The molecule has 1 fully saturated rings. The number of piperidine rings is 1. The Labute approximate surface area is 153 Å². The highest BCUT2D eigenvalue weighted by Gasteiger charge is 2.30. The monoisotopic (exact) mass is 355 g/mol. The van der Waals surface area contributed by atoms with Crippen molar-refractivity contribution in [2.75, 3.05) is 31.5 Å². The van der Waals surface area contributed by atoms with E-state index in [0.717, 1.165) is 23.9 Å². The fourth-order valence-corrected chi connectivity index (χ4v) is 3.40. The van der Waals surface area contributed by atoms with Crippen LogP contribution in [0.3, 0.4) is 0 Å². The van der Waals surface area contributed by atoms with E-state index >= 15 is 0 Å². The third-order valence-corrected chi connectivity index (χ3v) is 4.85. The van der Waals surface area contributed by atoms with Crippen molar-refractivity contribution in [3.8, 4) is 0 Å². The number of carbonyl (C=O) groups excluding carboxylic acids is 2. The number of nitrogens with zero attached hydrogens (tertiary/aromatic N) is 4. The molecule has 1 atom stereocenters. The number of rotatable bonds is 4. The van der Waals surface area contributed by atoms with Gasteiger partial charge in [-0.25, -0.2) is 4.79 Å². The molecule has 2 heterocycles. The van der Waals surface area contributed by atoms with E-state index in [2.05, 4.69) is 15.3 Å². The maximum absolute atomic E-state index is 12.6. The molecule has 1 aromatic heterocycles. The summed E-state index contributed by atoms with van der Waals surface area (Å²) in [5.74, 6) is 0.0327. The lowest BCUT2D eigenvalue weighted by molar-refractivity contribution is -0.136. The Balaban J connectivity index is 1.65. The van der Waals surface area contributed by atoms with Gasteiger partial charge in [-0.15, -0.1) is 0 Å². The highest BCUT2D eigenvalue weighted by Crippen LogP contribution is 2.21. The molecule has 0 unspecified atom stereocenters. The smallest absolute Gasteiger partial charge is 0.321 e. The van der Waals surface area contributed by atoms with Crippen molar-refractivity contribution in [3.63, 3.8) is 0 Å². The van der Waals surface area contributed by atoms with Crippen molar-refractivity contribution in [1.82, 2.24) is 19.8 Å². The standard InChI is InChI=1S/C19H25N5O2/c1-3-23(4-2)18(25)14-6-5-11-24(13-14)19(26)22-15-7-8-16-17(12-15)21-10-9-20-16/h7-10,12,14H,3-6,11,13H2,1-2H3,(H,22,26)/t14-/m1/s1. The van der Waals surface area contributed by atoms with Gasteiger partial charge in [0.25, 0.3) is 0 Å². The minimum Gasteiger partial charge on any atom is -0.343 e. The minimum absolute atomic E-state index is 0.114. The van der Waals surface area contributed by atoms with E-state index < -0.39 is 0 Å². The summed E-state index contributed by atoms with van der Waals surface area (Å²) in [6.45, 7) is 6.51. The maximum atomic E-state index is 12.6. The molecule has 0 aliphatic carbocycles. The van der Waals surface area contributed by atoms with Gasteiger partial charge in [-0.3, -0.25) is 14.8 Å². The third-order valence-electron chi connectivity index (χ3n) is 4.85. The van der Waals surface area contributed by atoms with Crippen molar-refractivity contribution < 1.29 is 9.59 Å². The zero-order chi connectivity index (χ0) is 18.5. The molecule has 1 saturated heterocycles. The van der Waals surface area contributed by atoms with Gasteiger partial charge in [-0.05, 0) is 44.9 Å². The second-order valence-electron chi connectivity index (χ2n) is 6.49. The van der Waals surface area contributed by atoms with Crippen LogP contribution in [-0.2, 0) is 4.79 Å². The van der Waals surface area contributed by atoms with Crippen molar-refractivity contribution in [2.24, 2.45) is 5.92 Å². The summed E-state index contributed by atoms with van der Waals surface area (Å²) >= 11 is 0. The molecule has 0 spiro atoms. The first kappa shape index (κ1) is 18.1. The van der Waals surface area contributed by atoms with Gasteiger partial charge in [0.1, 0.15) is 0 Å². The van der Waals surface area contributed by atoms with Gasteiger partial charge in [0.05, 0.1) is 17.0 Å². The fraction of sp³-hybridized carbons (Fsp3) is 0.474. The maximum Gasteiger partial charge on any atom is 0.321 e. The summed E-state index contributed by atoms with van der Waals surface area (Å²) < 4.78 is 0. The Hall–Kier alpha value is -2.70. The summed E-state index contributed by atoms with van der Waals surface area (Å²) in [4.78, 5) is 37.3. The number of amides is 3. The van der Waals surface area contributed by atoms with E-state index in [4.69, 9.17) is 0 Å². The molecule has 0 bridgehead atoms. The highest BCUT2D eigenvalue weighted by molar-refractivity contribution is 5.92.